The average molecular weight is 256 g/mol. The zero-order chi connectivity index (χ0) is 13.5. The molecule has 1 heterocycles. The number of carbonyl (C=O) groups excluding carboxylic acids is 4. The van der Waals surface area contributed by atoms with Gasteiger partial charge in [0.2, 0.25) is 17.7 Å². The van der Waals surface area contributed by atoms with Crippen molar-refractivity contribution < 1.29 is 19.2 Å². The Kier molecular flexibility index (Phi) is 5.25. The second kappa shape index (κ2) is 6.70. The number of nitrogens with one attached hydrogen (secondary N) is 3. The fourth-order valence-corrected chi connectivity index (χ4v) is 1.48. The summed E-state index contributed by atoms with van der Waals surface area (Å²) in [7, 11) is 0. The molecule has 5 N–H and O–H groups in total. The summed E-state index contributed by atoms with van der Waals surface area (Å²) in [5, 5.41) is 7.53. The van der Waals surface area contributed by atoms with Crippen LogP contribution < -0.4 is 21.7 Å². The molecule has 0 aromatic carbocycles. The fourth-order valence-electron chi connectivity index (χ4n) is 1.48. The first-order valence-electron chi connectivity index (χ1n) is 5.57. The van der Waals surface area contributed by atoms with E-state index in [9.17, 15) is 19.2 Å². The molecule has 8 heteroatoms. The predicted octanol–water partition coefficient (Wildman–Crippen LogP) is -2.97. The summed E-state index contributed by atoms with van der Waals surface area (Å²) in [4.78, 5) is 44.8. The van der Waals surface area contributed by atoms with Crippen molar-refractivity contribution in [2.24, 2.45) is 5.73 Å². The summed E-state index contributed by atoms with van der Waals surface area (Å²) in [6.07, 6.45) is 0.388. The maximum Gasteiger partial charge on any atom is 0.237 e. The molecule has 1 rings (SSSR count). The summed E-state index contributed by atoms with van der Waals surface area (Å²) in [5.41, 5.74) is 4.90. The smallest absolute Gasteiger partial charge is 0.237 e. The van der Waals surface area contributed by atoms with E-state index in [-0.39, 0.29) is 44.2 Å². The molecule has 0 aromatic rings. The van der Waals surface area contributed by atoms with Crippen molar-refractivity contribution in [3.05, 3.63) is 0 Å². The molecule has 0 aliphatic carbocycles. The minimum atomic E-state index is -0.683. The Bertz CT molecular complexity index is 349. The van der Waals surface area contributed by atoms with E-state index in [4.69, 9.17) is 5.73 Å². The predicted molar refractivity (Wildman–Crippen MR) is 61.2 cm³/mol. The molecule has 1 fully saturated rings. The highest BCUT2D eigenvalue weighted by Gasteiger charge is 2.22. The molecule has 1 aliphatic heterocycles. The lowest BCUT2D eigenvalue weighted by atomic mass is 10.1. The van der Waals surface area contributed by atoms with Crippen molar-refractivity contribution in [2.45, 2.75) is 18.9 Å². The van der Waals surface area contributed by atoms with Crippen LogP contribution in [0.15, 0.2) is 0 Å². The van der Waals surface area contributed by atoms with Crippen LogP contribution in [0.4, 0.5) is 0 Å². The first kappa shape index (κ1) is 14.1. The second-order valence-electron chi connectivity index (χ2n) is 3.97. The van der Waals surface area contributed by atoms with E-state index in [1.807, 2.05) is 0 Å². The van der Waals surface area contributed by atoms with Gasteiger partial charge in [-0.05, 0) is 6.42 Å². The van der Waals surface area contributed by atoms with Gasteiger partial charge in [0.15, 0.2) is 5.78 Å². The molecule has 1 saturated heterocycles. The number of hydrogen-bond acceptors (Lipinski definition) is 5. The van der Waals surface area contributed by atoms with Gasteiger partial charge in [-0.1, -0.05) is 0 Å². The first-order chi connectivity index (χ1) is 8.49. The summed E-state index contributed by atoms with van der Waals surface area (Å²) < 4.78 is 0. The molecule has 1 atom stereocenters. The Morgan fingerprint density at radius 2 is 2.06 bits per heavy atom. The van der Waals surface area contributed by atoms with E-state index in [1.165, 1.54) is 0 Å². The van der Waals surface area contributed by atoms with E-state index in [2.05, 4.69) is 16.0 Å². The van der Waals surface area contributed by atoms with Crippen LogP contribution in [0.5, 0.6) is 0 Å². The van der Waals surface area contributed by atoms with Crippen LogP contribution in [-0.4, -0.2) is 49.2 Å². The molecule has 100 valence electrons. The van der Waals surface area contributed by atoms with Crippen LogP contribution in [0.2, 0.25) is 0 Å². The van der Waals surface area contributed by atoms with Gasteiger partial charge in [-0.25, -0.2) is 0 Å². The molecule has 8 nitrogen and oxygen atoms in total. The topological polar surface area (TPSA) is 130 Å². The second-order valence-corrected chi connectivity index (χ2v) is 3.97. The normalized spacial score (nSPS) is 21.2. The summed E-state index contributed by atoms with van der Waals surface area (Å²) in [6.45, 7) is -0.312. The van der Waals surface area contributed by atoms with Crippen molar-refractivity contribution in [1.82, 2.24) is 16.0 Å². The third-order valence-corrected chi connectivity index (χ3v) is 2.44. The molecule has 18 heavy (non-hydrogen) atoms. The van der Waals surface area contributed by atoms with Crippen molar-refractivity contribution in [3.63, 3.8) is 0 Å². The summed E-state index contributed by atoms with van der Waals surface area (Å²) >= 11 is 0. The molecule has 0 aromatic heterocycles. The number of nitrogens with two attached hydrogens (primary N) is 1. The van der Waals surface area contributed by atoms with Gasteiger partial charge in [0.1, 0.15) is 0 Å². The van der Waals surface area contributed by atoms with E-state index in [0.29, 0.717) is 0 Å². The van der Waals surface area contributed by atoms with E-state index in [0.717, 1.165) is 0 Å². The van der Waals surface area contributed by atoms with Gasteiger partial charge in [-0.2, -0.15) is 0 Å². The SMILES string of the molecule is NC(=O)CNC(=O)C1CCC(=O)NCC(=O)CN1. The highest BCUT2D eigenvalue weighted by Crippen LogP contribution is 1.99. The minimum Gasteiger partial charge on any atom is -0.368 e. The number of carbonyl (C=O) groups is 4. The summed E-state index contributed by atoms with van der Waals surface area (Å²) in [6, 6.07) is -0.683. The van der Waals surface area contributed by atoms with Gasteiger partial charge in [0.25, 0.3) is 0 Å². The fraction of sp³-hybridized carbons (Fsp3) is 0.600. The van der Waals surface area contributed by atoms with Gasteiger partial charge < -0.3 is 16.4 Å². The first-order valence-corrected chi connectivity index (χ1v) is 5.57. The number of amides is 3. The third kappa shape index (κ3) is 4.91. The van der Waals surface area contributed by atoms with Crippen LogP contribution in [0, 0.1) is 0 Å². The molecule has 0 radical (unpaired) electrons. The number of primary amides is 1. The molecule has 1 aliphatic rings. The van der Waals surface area contributed by atoms with E-state index >= 15 is 0 Å². The maximum atomic E-state index is 11.7. The maximum absolute atomic E-state index is 11.7. The van der Waals surface area contributed by atoms with Crippen molar-refractivity contribution >= 4 is 23.5 Å². The lowest BCUT2D eigenvalue weighted by Crippen LogP contribution is -2.47. The molecule has 0 bridgehead atoms. The van der Waals surface area contributed by atoms with E-state index < -0.39 is 17.9 Å². The van der Waals surface area contributed by atoms with Crippen molar-refractivity contribution in [3.8, 4) is 0 Å². The van der Waals surface area contributed by atoms with Crippen LogP contribution in [-0.2, 0) is 19.2 Å². The molecule has 3 amide bonds. The lowest BCUT2D eigenvalue weighted by molar-refractivity contribution is -0.126. The Morgan fingerprint density at radius 1 is 1.33 bits per heavy atom. The molecular weight excluding hydrogens is 240 g/mol. The number of ketones is 1. The Morgan fingerprint density at radius 3 is 2.72 bits per heavy atom. The van der Waals surface area contributed by atoms with Gasteiger partial charge in [0.05, 0.1) is 25.7 Å². The summed E-state index contributed by atoms with van der Waals surface area (Å²) in [5.74, 6) is -1.59. The van der Waals surface area contributed by atoms with Gasteiger partial charge in [-0.3, -0.25) is 24.5 Å². The lowest BCUT2D eigenvalue weighted by Gasteiger charge is -2.15. The minimum absolute atomic E-state index is 0.00502. The Balaban J connectivity index is 2.55. The Labute approximate surface area is 104 Å². The standard InChI is InChI=1S/C10H16N4O4/c11-8(16)5-14-10(18)7-1-2-9(17)13-4-6(15)3-12-7/h7,12H,1-5H2,(H2,11,16)(H,13,17)(H,14,18). The van der Waals surface area contributed by atoms with Gasteiger partial charge in [-0.15, -0.1) is 0 Å². The molecule has 0 saturated carbocycles. The molecular formula is C10H16N4O4. The number of Topliss-reactive ketones (excluding diaryl/α,β-unsaturated/α-hetero) is 1. The number of hydrogen-bond donors (Lipinski definition) is 4. The van der Waals surface area contributed by atoms with Crippen molar-refractivity contribution in [1.29, 1.82) is 0 Å². The van der Waals surface area contributed by atoms with E-state index in [1.54, 1.807) is 0 Å². The van der Waals surface area contributed by atoms with Crippen LogP contribution >= 0.6 is 0 Å². The molecule has 0 spiro atoms. The third-order valence-electron chi connectivity index (χ3n) is 2.44. The van der Waals surface area contributed by atoms with Gasteiger partial charge >= 0.3 is 0 Å². The van der Waals surface area contributed by atoms with Gasteiger partial charge in [0, 0.05) is 6.42 Å². The number of rotatable bonds is 3. The van der Waals surface area contributed by atoms with Crippen LogP contribution in [0.1, 0.15) is 12.8 Å². The largest absolute Gasteiger partial charge is 0.368 e. The zero-order valence-electron chi connectivity index (χ0n) is 9.82. The van der Waals surface area contributed by atoms with Crippen LogP contribution in [0.25, 0.3) is 0 Å². The van der Waals surface area contributed by atoms with Crippen LogP contribution in [0.3, 0.4) is 0 Å². The highest BCUT2D eigenvalue weighted by molar-refractivity contribution is 5.90. The average Bonchev–Trinajstić information content (AvgIpc) is 2.40. The highest BCUT2D eigenvalue weighted by atomic mass is 16.2. The molecule has 1 unspecified atom stereocenters. The Hall–Kier alpha value is -1.96. The monoisotopic (exact) mass is 256 g/mol. The zero-order valence-corrected chi connectivity index (χ0v) is 9.82. The quantitative estimate of drug-likeness (QED) is 0.428. The van der Waals surface area contributed by atoms with Crippen molar-refractivity contribution in [2.75, 3.05) is 19.6 Å².